The molecule has 2 aliphatic carbocycles. The number of rotatable bonds is 6. The summed E-state index contributed by atoms with van der Waals surface area (Å²) in [5.74, 6) is 1.78. The third-order valence-corrected chi connectivity index (χ3v) is 6.46. The van der Waals surface area contributed by atoms with Crippen molar-refractivity contribution in [3.8, 4) is 0 Å². The van der Waals surface area contributed by atoms with E-state index in [1.54, 1.807) is 0 Å². The second-order valence-corrected chi connectivity index (χ2v) is 7.98. The molecule has 0 aromatic carbocycles. The molecule has 0 spiro atoms. The van der Waals surface area contributed by atoms with Gasteiger partial charge in [0, 0.05) is 38.4 Å². The molecule has 134 valence electrons. The van der Waals surface area contributed by atoms with E-state index in [-0.39, 0.29) is 5.60 Å². The molecule has 3 fully saturated rings. The Morgan fingerprint density at radius 2 is 2.08 bits per heavy atom. The fraction of sp³-hybridized carbons (Fsp3) is 0.842. The van der Waals surface area contributed by atoms with Gasteiger partial charge in [0.05, 0.1) is 17.4 Å². The highest BCUT2D eigenvalue weighted by atomic mass is 16.5. The van der Waals surface area contributed by atoms with Crippen LogP contribution in [0.2, 0.25) is 0 Å². The third-order valence-electron chi connectivity index (χ3n) is 6.46. The molecule has 1 aliphatic heterocycles. The average molecular weight is 334 g/mol. The van der Waals surface area contributed by atoms with Gasteiger partial charge in [-0.15, -0.1) is 0 Å². The molecule has 0 bridgehead atoms. The second-order valence-electron chi connectivity index (χ2n) is 7.98. The highest BCUT2D eigenvalue weighted by Gasteiger charge is 2.51. The van der Waals surface area contributed by atoms with Crippen LogP contribution in [0.25, 0.3) is 0 Å². The van der Waals surface area contributed by atoms with E-state index in [0.717, 1.165) is 62.8 Å². The van der Waals surface area contributed by atoms with Gasteiger partial charge in [-0.05, 0) is 58.3 Å². The van der Waals surface area contributed by atoms with Gasteiger partial charge < -0.3 is 14.0 Å². The summed E-state index contributed by atoms with van der Waals surface area (Å²) < 4.78 is 17.6. The van der Waals surface area contributed by atoms with Crippen LogP contribution in [-0.2, 0) is 16.0 Å². The highest BCUT2D eigenvalue weighted by molar-refractivity contribution is 5.21. The van der Waals surface area contributed by atoms with E-state index in [0.29, 0.717) is 12.1 Å². The minimum atomic E-state index is 0.0123. The lowest BCUT2D eigenvalue weighted by Crippen LogP contribution is -2.51. The molecule has 0 amide bonds. The number of hydrogen-bond acceptors (Lipinski definition) is 5. The Hall–Kier alpha value is -0.910. The third kappa shape index (κ3) is 3.02. The predicted molar refractivity (Wildman–Crippen MR) is 90.8 cm³/mol. The topological polar surface area (TPSA) is 47.7 Å². The Labute approximate surface area is 144 Å². The Morgan fingerprint density at radius 3 is 2.75 bits per heavy atom. The Balaban J connectivity index is 1.46. The monoisotopic (exact) mass is 334 g/mol. The molecule has 5 heteroatoms. The molecular formula is C19H30N2O3. The molecule has 3 atom stereocenters. The molecule has 1 aromatic rings. The number of likely N-dealkylation sites (tertiary alicyclic amines) is 1. The molecule has 0 N–H and O–H groups in total. The van der Waals surface area contributed by atoms with Gasteiger partial charge in [-0.2, -0.15) is 0 Å². The maximum absolute atomic E-state index is 6.22. The zero-order valence-electron chi connectivity index (χ0n) is 15.2. The number of aromatic nitrogens is 1. The van der Waals surface area contributed by atoms with Crippen molar-refractivity contribution in [1.82, 2.24) is 10.1 Å². The molecule has 24 heavy (non-hydrogen) atoms. The van der Waals surface area contributed by atoms with Crippen molar-refractivity contribution < 1.29 is 14.0 Å². The van der Waals surface area contributed by atoms with Crippen molar-refractivity contribution >= 4 is 0 Å². The van der Waals surface area contributed by atoms with Crippen LogP contribution in [0.4, 0.5) is 0 Å². The highest BCUT2D eigenvalue weighted by Crippen LogP contribution is 2.44. The molecule has 4 rings (SSSR count). The van der Waals surface area contributed by atoms with Crippen LogP contribution in [0.1, 0.15) is 55.5 Å². The molecule has 2 saturated carbocycles. The van der Waals surface area contributed by atoms with Crippen molar-refractivity contribution in [2.75, 3.05) is 20.3 Å². The lowest BCUT2D eigenvalue weighted by molar-refractivity contribution is -0.103. The minimum Gasteiger partial charge on any atom is -0.378 e. The van der Waals surface area contributed by atoms with Gasteiger partial charge in [-0.25, -0.2) is 0 Å². The van der Waals surface area contributed by atoms with Crippen LogP contribution in [-0.4, -0.2) is 48.1 Å². The Morgan fingerprint density at radius 1 is 1.25 bits per heavy atom. The lowest BCUT2D eigenvalue weighted by Gasteiger charge is -2.43. The van der Waals surface area contributed by atoms with Crippen LogP contribution in [0, 0.1) is 19.8 Å². The van der Waals surface area contributed by atoms with E-state index >= 15 is 0 Å². The first-order valence-corrected chi connectivity index (χ1v) is 9.44. The fourth-order valence-electron chi connectivity index (χ4n) is 4.58. The van der Waals surface area contributed by atoms with E-state index in [1.165, 1.54) is 18.4 Å². The molecule has 2 heterocycles. The molecule has 3 aliphatic rings. The normalized spacial score (nSPS) is 33.8. The van der Waals surface area contributed by atoms with Gasteiger partial charge in [0.15, 0.2) is 0 Å². The smallest absolute Gasteiger partial charge is 0.138 e. The molecule has 5 nitrogen and oxygen atoms in total. The number of hydrogen-bond donors (Lipinski definition) is 0. The number of aryl methyl sites for hydroxylation is 2. The molecule has 1 saturated heterocycles. The number of methoxy groups -OCH3 is 1. The number of fused-ring (bicyclic) bond motifs is 1. The Bertz CT molecular complexity index is 564. The summed E-state index contributed by atoms with van der Waals surface area (Å²) in [6.45, 7) is 7.00. The summed E-state index contributed by atoms with van der Waals surface area (Å²) in [5, 5.41) is 4.11. The maximum atomic E-state index is 6.22. The van der Waals surface area contributed by atoms with Gasteiger partial charge in [0.1, 0.15) is 5.76 Å². The average Bonchev–Trinajstić information content (AvgIpc) is 3.29. The van der Waals surface area contributed by atoms with Crippen LogP contribution < -0.4 is 0 Å². The summed E-state index contributed by atoms with van der Waals surface area (Å²) in [7, 11) is 1.89. The Kier molecular flexibility index (Phi) is 4.43. The largest absolute Gasteiger partial charge is 0.378 e. The van der Waals surface area contributed by atoms with Crippen molar-refractivity contribution in [3.63, 3.8) is 0 Å². The van der Waals surface area contributed by atoms with Crippen molar-refractivity contribution in [3.05, 3.63) is 17.0 Å². The van der Waals surface area contributed by atoms with Gasteiger partial charge >= 0.3 is 0 Å². The van der Waals surface area contributed by atoms with Crippen molar-refractivity contribution in [2.45, 2.75) is 76.7 Å². The van der Waals surface area contributed by atoms with E-state index in [9.17, 15) is 0 Å². The second kappa shape index (κ2) is 6.43. The summed E-state index contributed by atoms with van der Waals surface area (Å²) >= 11 is 0. The minimum absolute atomic E-state index is 0.0123. The van der Waals surface area contributed by atoms with Crippen molar-refractivity contribution in [1.29, 1.82) is 0 Å². The fourth-order valence-corrected chi connectivity index (χ4v) is 4.58. The zero-order valence-corrected chi connectivity index (χ0v) is 15.2. The van der Waals surface area contributed by atoms with Crippen LogP contribution in [0.15, 0.2) is 4.52 Å². The van der Waals surface area contributed by atoms with Gasteiger partial charge in [0.2, 0.25) is 0 Å². The van der Waals surface area contributed by atoms with Crippen molar-refractivity contribution in [2.24, 2.45) is 5.92 Å². The van der Waals surface area contributed by atoms with Gasteiger partial charge in [0.25, 0.3) is 0 Å². The summed E-state index contributed by atoms with van der Waals surface area (Å²) in [6.07, 6.45) is 7.56. The molecular weight excluding hydrogens is 304 g/mol. The quantitative estimate of drug-likeness (QED) is 0.799. The maximum Gasteiger partial charge on any atom is 0.138 e. The van der Waals surface area contributed by atoms with Gasteiger partial charge in [-0.3, -0.25) is 4.90 Å². The first-order chi connectivity index (χ1) is 11.6. The van der Waals surface area contributed by atoms with E-state index < -0.39 is 0 Å². The molecule has 0 unspecified atom stereocenters. The van der Waals surface area contributed by atoms with E-state index in [4.69, 9.17) is 14.0 Å². The predicted octanol–water partition coefficient (Wildman–Crippen LogP) is 3.23. The van der Waals surface area contributed by atoms with E-state index in [1.807, 2.05) is 21.0 Å². The first-order valence-electron chi connectivity index (χ1n) is 9.44. The SMILES string of the molecule is CO[C@@]12CC[C@@H](OCC3CC3)C[C@@H]1N(Cc1c(C)noc1C)CC2. The molecule has 0 radical (unpaired) electrons. The number of ether oxygens (including phenoxy) is 2. The summed E-state index contributed by atoms with van der Waals surface area (Å²) in [6, 6.07) is 0.439. The van der Waals surface area contributed by atoms with Crippen LogP contribution >= 0.6 is 0 Å². The lowest BCUT2D eigenvalue weighted by atomic mass is 9.79. The summed E-state index contributed by atoms with van der Waals surface area (Å²) in [5.41, 5.74) is 2.26. The standard InChI is InChI=1S/C19H30N2O3/c1-13-17(14(2)24-20-13)11-21-9-8-19(22-3)7-6-16(10-18(19)21)23-12-15-4-5-15/h15-16,18H,4-12H2,1-3H3/t16-,18+,19-/m1/s1. The van der Waals surface area contributed by atoms with Crippen LogP contribution in [0.5, 0.6) is 0 Å². The van der Waals surface area contributed by atoms with E-state index in [2.05, 4.69) is 10.1 Å². The van der Waals surface area contributed by atoms with Gasteiger partial charge in [-0.1, -0.05) is 5.16 Å². The van der Waals surface area contributed by atoms with Crippen LogP contribution in [0.3, 0.4) is 0 Å². The zero-order chi connectivity index (χ0) is 16.7. The summed E-state index contributed by atoms with van der Waals surface area (Å²) in [4.78, 5) is 2.57. The molecule has 1 aromatic heterocycles. The number of nitrogens with zero attached hydrogens (tertiary/aromatic N) is 2. The first kappa shape index (κ1) is 16.6.